The first-order valence-corrected chi connectivity index (χ1v) is 8.43. The standard InChI is InChI=1S/C19H25N5O/c1-13-10-16(23(4)5)21-17(20-13)22-18(25)24-11-14-8-6-7-9-15(14)19(2,3)12-24/h6-10H,11-12H2,1-5H3,(H,20,21,22,25). The number of benzene rings is 1. The molecule has 1 aliphatic rings. The largest absolute Gasteiger partial charge is 0.363 e. The van der Waals surface area contributed by atoms with Crippen molar-refractivity contribution in [3.05, 3.63) is 47.2 Å². The molecule has 2 amide bonds. The first kappa shape index (κ1) is 17.2. The average Bonchev–Trinajstić information content (AvgIpc) is 2.53. The summed E-state index contributed by atoms with van der Waals surface area (Å²) in [6.07, 6.45) is 0. The Bertz CT molecular complexity index is 800. The molecule has 6 heteroatoms. The van der Waals surface area contributed by atoms with Gasteiger partial charge in [-0.3, -0.25) is 5.32 Å². The Labute approximate surface area is 148 Å². The number of hydrogen-bond acceptors (Lipinski definition) is 4. The van der Waals surface area contributed by atoms with Crippen LogP contribution in [-0.4, -0.2) is 41.5 Å². The fraction of sp³-hybridized carbons (Fsp3) is 0.421. The maximum Gasteiger partial charge on any atom is 0.324 e. The van der Waals surface area contributed by atoms with E-state index in [4.69, 9.17) is 0 Å². The third-order valence-corrected chi connectivity index (χ3v) is 4.50. The number of amides is 2. The van der Waals surface area contributed by atoms with Crippen molar-refractivity contribution in [1.29, 1.82) is 0 Å². The summed E-state index contributed by atoms with van der Waals surface area (Å²) in [7, 11) is 3.83. The van der Waals surface area contributed by atoms with Crippen LogP contribution in [0.4, 0.5) is 16.6 Å². The zero-order valence-electron chi connectivity index (χ0n) is 15.5. The molecule has 0 unspecified atom stereocenters. The molecule has 1 N–H and O–H groups in total. The Morgan fingerprint density at radius 2 is 1.96 bits per heavy atom. The molecular weight excluding hydrogens is 314 g/mol. The van der Waals surface area contributed by atoms with Gasteiger partial charge >= 0.3 is 6.03 Å². The molecule has 1 aliphatic heterocycles. The van der Waals surface area contributed by atoms with Crippen LogP contribution in [0.1, 0.15) is 30.7 Å². The lowest BCUT2D eigenvalue weighted by Gasteiger charge is -2.39. The van der Waals surface area contributed by atoms with Crippen molar-refractivity contribution in [3.8, 4) is 0 Å². The van der Waals surface area contributed by atoms with Crippen LogP contribution in [0, 0.1) is 6.92 Å². The predicted octanol–water partition coefficient (Wildman–Crippen LogP) is 3.18. The Morgan fingerprint density at radius 3 is 2.68 bits per heavy atom. The van der Waals surface area contributed by atoms with Gasteiger partial charge in [-0.2, -0.15) is 4.98 Å². The van der Waals surface area contributed by atoms with E-state index in [0.29, 0.717) is 19.0 Å². The van der Waals surface area contributed by atoms with Gasteiger partial charge in [-0.15, -0.1) is 0 Å². The first-order valence-electron chi connectivity index (χ1n) is 8.43. The number of carbonyl (C=O) groups is 1. The molecule has 132 valence electrons. The molecule has 2 aromatic rings. The number of aryl methyl sites for hydroxylation is 1. The van der Waals surface area contributed by atoms with Gasteiger partial charge in [-0.1, -0.05) is 38.1 Å². The number of carbonyl (C=O) groups excluding carboxylic acids is 1. The van der Waals surface area contributed by atoms with Gasteiger partial charge < -0.3 is 9.80 Å². The number of hydrogen-bond donors (Lipinski definition) is 1. The van der Waals surface area contributed by atoms with Crippen molar-refractivity contribution < 1.29 is 4.79 Å². The van der Waals surface area contributed by atoms with Gasteiger partial charge in [0.05, 0.1) is 0 Å². The minimum atomic E-state index is -0.169. The highest BCUT2D eigenvalue weighted by molar-refractivity contribution is 5.88. The quantitative estimate of drug-likeness (QED) is 0.913. The highest BCUT2D eigenvalue weighted by atomic mass is 16.2. The van der Waals surface area contributed by atoms with E-state index in [2.05, 4.69) is 47.3 Å². The summed E-state index contributed by atoms with van der Waals surface area (Å²) in [5, 5.41) is 2.85. The number of fused-ring (bicyclic) bond motifs is 1. The first-order chi connectivity index (χ1) is 11.8. The van der Waals surface area contributed by atoms with Gasteiger partial charge in [0.25, 0.3) is 0 Å². The minimum Gasteiger partial charge on any atom is -0.363 e. The minimum absolute atomic E-state index is 0.0888. The second kappa shape index (κ2) is 6.35. The van der Waals surface area contributed by atoms with Crippen LogP contribution in [0.5, 0.6) is 0 Å². The third kappa shape index (κ3) is 3.57. The number of aromatic nitrogens is 2. The predicted molar refractivity (Wildman–Crippen MR) is 100.0 cm³/mol. The number of rotatable bonds is 2. The second-order valence-corrected chi connectivity index (χ2v) is 7.41. The molecule has 0 atom stereocenters. The molecule has 0 fully saturated rings. The van der Waals surface area contributed by atoms with Crippen molar-refractivity contribution in [1.82, 2.24) is 14.9 Å². The van der Waals surface area contributed by atoms with Gasteiger partial charge in [0.2, 0.25) is 5.95 Å². The lowest BCUT2D eigenvalue weighted by Crippen LogP contribution is -2.46. The van der Waals surface area contributed by atoms with Crippen LogP contribution in [-0.2, 0) is 12.0 Å². The molecule has 0 saturated heterocycles. The summed E-state index contributed by atoms with van der Waals surface area (Å²) in [6.45, 7) is 7.47. The Balaban J connectivity index is 1.81. The molecule has 0 radical (unpaired) electrons. The van der Waals surface area contributed by atoms with Gasteiger partial charge in [0, 0.05) is 44.4 Å². The second-order valence-electron chi connectivity index (χ2n) is 7.41. The van der Waals surface area contributed by atoms with Crippen LogP contribution >= 0.6 is 0 Å². The van der Waals surface area contributed by atoms with Crippen LogP contribution < -0.4 is 10.2 Å². The zero-order valence-corrected chi connectivity index (χ0v) is 15.5. The molecular formula is C19H25N5O. The van der Waals surface area contributed by atoms with Crippen molar-refractivity contribution >= 4 is 17.8 Å². The highest BCUT2D eigenvalue weighted by Gasteiger charge is 2.33. The van der Waals surface area contributed by atoms with Crippen molar-refractivity contribution in [3.63, 3.8) is 0 Å². The van der Waals surface area contributed by atoms with Crippen LogP contribution in [0.25, 0.3) is 0 Å². The smallest absolute Gasteiger partial charge is 0.324 e. The summed E-state index contributed by atoms with van der Waals surface area (Å²) < 4.78 is 0. The lowest BCUT2D eigenvalue weighted by atomic mass is 9.78. The lowest BCUT2D eigenvalue weighted by molar-refractivity contribution is 0.186. The molecule has 0 bridgehead atoms. The van der Waals surface area contributed by atoms with E-state index < -0.39 is 0 Å². The number of anilines is 2. The van der Waals surface area contributed by atoms with Gasteiger partial charge in [0.1, 0.15) is 5.82 Å². The van der Waals surface area contributed by atoms with Crippen LogP contribution in [0.3, 0.4) is 0 Å². The van der Waals surface area contributed by atoms with E-state index in [9.17, 15) is 4.79 Å². The van der Waals surface area contributed by atoms with E-state index in [1.54, 1.807) is 0 Å². The summed E-state index contributed by atoms with van der Waals surface area (Å²) in [6, 6.07) is 10.0. The Morgan fingerprint density at radius 1 is 1.24 bits per heavy atom. The molecule has 1 aromatic heterocycles. The third-order valence-electron chi connectivity index (χ3n) is 4.50. The molecule has 0 spiro atoms. The molecule has 3 rings (SSSR count). The van der Waals surface area contributed by atoms with Gasteiger partial charge in [0.15, 0.2) is 0 Å². The van der Waals surface area contributed by atoms with Gasteiger partial charge in [-0.05, 0) is 18.1 Å². The Hall–Kier alpha value is -2.63. The van der Waals surface area contributed by atoms with E-state index in [1.165, 1.54) is 11.1 Å². The van der Waals surface area contributed by atoms with E-state index in [-0.39, 0.29) is 11.4 Å². The fourth-order valence-corrected chi connectivity index (χ4v) is 3.30. The molecule has 2 heterocycles. The molecule has 0 saturated carbocycles. The Kier molecular flexibility index (Phi) is 4.37. The molecule has 0 aliphatic carbocycles. The summed E-state index contributed by atoms with van der Waals surface area (Å²) in [4.78, 5) is 25.2. The van der Waals surface area contributed by atoms with E-state index in [1.807, 2.05) is 43.0 Å². The normalized spacial score (nSPS) is 15.5. The monoisotopic (exact) mass is 339 g/mol. The van der Waals surface area contributed by atoms with E-state index >= 15 is 0 Å². The topological polar surface area (TPSA) is 61.4 Å². The summed E-state index contributed by atoms with van der Waals surface area (Å²) in [5.74, 6) is 1.11. The summed E-state index contributed by atoms with van der Waals surface area (Å²) >= 11 is 0. The van der Waals surface area contributed by atoms with Crippen LogP contribution in [0.2, 0.25) is 0 Å². The number of nitrogens with one attached hydrogen (secondary N) is 1. The molecule has 25 heavy (non-hydrogen) atoms. The average molecular weight is 339 g/mol. The number of nitrogens with zero attached hydrogens (tertiary/aromatic N) is 4. The van der Waals surface area contributed by atoms with Crippen molar-refractivity contribution in [2.24, 2.45) is 0 Å². The maximum absolute atomic E-state index is 12.8. The molecule has 1 aromatic carbocycles. The highest BCUT2D eigenvalue weighted by Crippen LogP contribution is 2.33. The number of urea groups is 1. The van der Waals surface area contributed by atoms with Crippen molar-refractivity contribution in [2.75, 3.05) is 30.9 Å². The van der Waals surface area contributed by atoms with Crippen LogP contribution in [0.15, 0.2) is 30.3 Å². The summed E-state index contributed by atoms with van der Waals surface area (Å²) in [5.41, 5.74) is 3.22. The maximum atomic E-state index is 12.8. The van der Waals surface area contributed by atoms with E-state index in [0.717, 1.165) is 11.5 Å². The zero-order chi connectivity index (χ0) is 18.2. The SMILES string of the molecule is Cc1cc(N(C)C)nc(NC(=O)N2Cc3ccccc3C(C)(C)C2)n1. The van der Waals surface area contributed by atoms with Gasteiger partial charge in [-0.25, -0.2) is 9.78 Å². The van der Waals surface area contributed by atoms with Crippen molar-refractivity contribution in [2.45, 2.75) is 32.7 Å². The fourth-order valence-electron chi connectivity index (χ4n) is 3.30. The molecule has 6 nitrogen and oxygen atoms in total.